The number of aryl methyl sites for hydroxylation is 1. The summed E-state index contributed by atoms with van der Waals surface area (Å²) in [6.45, 7) is 3.68. The zero-order valence-electron chi connectivity index (χ0n) is 16.1. The van der Waals surface area contributed by atoms with E-state index in [1.807, 2.05) is 41.3 Å². The van der Waals surface area contributed by atoms with Crippen LogP contribution in [0.25, 0.3) is 0 Å². The molecule has 4 nitrogen and oxygen atoms in total. The molecule has 0 N–H and O–H groups in total. The van der Waals surface area contributed by atoms with E-state index < -0.39 is 0 Å². The van der Waals surface area contributed by atoms with Crippen molar-refractivity contribution in [3.05, 3.63) is 70.8 Å². The lowest BCUT2D eigenvalue weighted by atomic mass is 9.88. The average molecular weight is 365 g/mol. The Morgan fingerprint density at radius 1 is 0.963 bits per heavy atom. The number of nitrogens with zero attached hydrogens (tertiary/aromatic N) is 1. The third-order valence-electron chi connectivity index (χ3n) is 5.32. The molecule has 0 saturated carbocycles. The van der Waals surface area contributed by atoms with Gasteiger partial charge in [-0.2, -0.15) is 0 Å². The van der Waals surface area contributed by atoms with E-state index in [4.69, 9.17) is 4.74 Å². The summed E-state index contributed by atoms with van der Waals surface area (Å²) < 4.78 is 4.74. The molecular formula is C23H27NO3. The van der Waals surface area contributed by atoms with E-state index in [9.17, 15) is 9.59 Å². The van der Waals surface area contributed by atoms with E-state index in [2.05, 4.69) is 19.1 Å². The summed E-state index contributed by atoms with van der Waals surface area (Å²) in [5.74, 6) is 0.233. The van der Waals surface area contributed by atoms with Gasteiger partial charge in [0.1, 0.15) is 0 Å². The molecule has 142 valence electrons. The van der Waals surface area contributed by atoms with Gasteiger partial charge in [0.15, 0.2) is 0 Å². The van der Waals surface area contributed by atoms with Crippen LogP contribution in [0.2, 0.25) is 0 Å². The van der Waals surface area contributed by atoms with Crippen LogP contribution < -0.4 is 0 Å². The van der Waals surface area contributed by atoms with E-state index >= 15 is 0 Å². The van der Waals surface area contributed by atoms with Crippen molar-refractivity contribution >= 4 is 11.9 Å². The molecule has 2 aromatic carbocycles. The summed E-state index contributed by atoms with van der Waals surface area (Å²) >= 11 is 0. The highest BCUT2D eigenvalue weighted by atomic mass is 16.5. The molecule has 1 aliphatic rings. The second-order valence-corrected chi connectivity index (χ2v) is 7.13. The molecule has 0 aromatic heterocycles. The Kier molecular flexibility index (Phi) is 6.28. The highest BCUT2D eigenvalue weighted by Crippen LogP contribution is 2.29. The average Bonchev–Trinajstić information content (AvgIpc) is 2.74. The van der Waals surface area contributed by atoms with Gasteiger partial charge in [-0.15, -0.1) is 0 Å². The number of hydrogen-bond donors (Lipinski definition) is 0. The van der Waals surface area contributed by atoms with E-state index in [-0.39, 0.29) is 11.9 Å². The number of benzene rings is 2. The minimum atomic E-state index is -0.313. The Balaban J connectivity index is 1.58. The monoisotopic (exact) mass is 365 g/mol. The van der Waals surface area contributed by atoms with Crippen LogP contribution in [-0.4, -0.2) is 37.0 Å². The van der Waals surface area contributed by atoms with Crippen molar-refractivity contribution in [2.45, 2.75) is 38.5 Å². The van der Waals surface area contributed by atoms with Crippen molar-refractivity contribution in [1.29, 1.82) is 0 Å². The molecule has 1 heterocycles. The van der Waals surface area contributed by atoms with Crippen LogP contribution in [0.4, 0.5) is 0 Å². The van der Waals surface area contributed by atoms with Gasteiger partial charge in [-0.1, -0.05) is 37.6 Å². The third kappa shape index (κ3) is 4.57. The standard InChI is InChI=1S/C23H27NO3/c1-3-4-17-5-7-20(8-6-17)22(25)24-15-13-19(14-16-24)18-9-11-21(12-10-18)23(26)27-2/h5-12,19H,3-4,13-16H2,1-2H3. The fourth-order valence-corrected chi connectivity index (χ4v) is 3.71. The first-order chi connectivity index (χ1) is 13.1. The summed E-state index contributed by atoms with van der Waals surface area (Å²) in [4.78, 5) is 26.2. The summed E-state index contributed by atoms with van der Waals surface area (Å²) in [5.41, 5.74) is 3.85. The Labute approximate surface area is 161 Å². The fraction of sp³-hybridized carbons (Fsp3) is 0.391. The molecule has 1 fully saturated rings. The van der Waals surface area contributed by atoms with Gasteiger partial charge in [-0.3, -0.25) is 4.79 Å². The molecule has 0 aliphatic carbocycles. The maximum absolute atomic E-state index is 12.7. The smallest absolute Gasteiger partial charge is 0.337 e. The van der Waals surface area contributed by atoms with Crippen molar-refractivity contribution in [3.8, 4) is 0 Å². The van der Waals surface area contributed by atoms with E-state index in [0.29, 0.717) is 11.5 Å². The van der Waals surface area contributed by atoms with Crippen LogP contribution in [0, 0.1) is 0 Å². The topological polar surface area (TPSA) is 46.6 Å². The van der Waals surface area contributed by atoms with Gasteiger partial charge in [0, 0.05) is 18.7 Å². The predicted octanol–water partition coefficient (Wildman–Crippen LogP) is 4.45. The molecule has 1 aliphatic heterocycles. The summed E-state index contributed by atoms with van der Waals surface area (Å²) in [6, 6.07) is 15.7. The lowest BCUT2D eigenvalue weighted by Gasteiger charge is -2.32. The number of likely N-dealkylation sites (tertiary alicyclic amines) is 1. The van der Waals surface area contributed by atoms with E-state index in [1.54, 1.807) is 0 Å². The molecule has 0 radical (unpaired) electrons. The number of carbonyl (C=O) groups is 2. The summed E-state index contributed by atoms with van der Waals surface area (Å²) in [5, 5.41) is 0. The minimum Gasteiger partial charge on any atom is -0.465 e. The van der Waals surface area contributed by atoms with E-state index in [0.717, 1.165) is 44.3 Å². The molecule has 27 heavy (non-hydrogen) atoms. The Bertz CT molecular complexity index is 772. The van der Waals surface area contributed by atoms with Crippen molar-refractivity contribution in [3.63, 3.8) is 0 Å². The van der Waals surface area contributed by atoms with Gasteiger partial charge in [-0.25, -0.2) is 4.79 Å². The highest BCUT2D eigenvalue weighted by molar-refractivity contribution is 5.94. The van der Waals surface area contributed by atoms with Gasteiger partial charge in [0.25, 0.3) is 5.91 Å². The molecule has 4 heteroatoms. The van der Waals surface area contributed by atoms with Crippen LogP contribution in [0.15, 0.2) is 48.5 Å². The Morgan fingerprint density at radius 2 is 1.56 bits per heavy atom. The quantitative estimate of drug-likeness (QED) is 0.736. The number of methoxy groups -OCH3 is 1. The fourth-order valence-electron chi connectivity index (χ4n) is 3.71. The minimum absolute atomic E-state index is 0.123. The van der Waals surface area contributed by atoms with Crippen LogP contribution in [0.1, 0.15) is 63.9 Å². The lowest BCUT2D eigenvalue weighted by Crippen LogP contribution is -2.37. The SMILES string of the molecule is CCCc1ccc(C(=O)N2CCC(c3ccc(C(=O)OC)cc3)CC2)cc1. The zero-order chi connectivity index (χ0) is 19.2. The molecule has 2 aromatic rings. The first kappa shape index (κ1) is 19.2. The number of rotatable bonds is 5. The van der Waals surface area contributed by atoms with Gasteiger partial charge < -0.3 is 9.64 Å². The van der Waals surface area contributed by atoms with Gasteiger partial charge in [0.2, 0.25) is 0 Å². The van der Waals surface area contributed by atoms with Crippen molar-refractivity contribution in [1.82, 2.24) is 4.90 Å². The predicted molar refractivity (Wildman–Crippen MR) is 106 cm³/mol. The van der Waals surface area contributed by atoms with Crippen LogP contribution in [0.5, 0.6) is 0 Å². The van der Waals surface area contributed by atoms with Gasteiger partial charge in [-0.05, 0) is 60.6 Å². The maximum atomic E-state index is 12.7. The van der Waals surface area contributed by atoms with Crippen molar-refractivity contribution in [2.24, 2.45) is 0 Å². The first-order valence-corrected chi connectivity index (χ1v) is 9.69. The zero-order valence-corrected chi connectivity index (χ0v) is 16.1. The molecular weight excluding hydrogens is 338 g/mol. The van der Waals surface area contributed by atoms with Crippen LogP contribution >= 0.6 is 0 Å². The van der Waals surface area contributed by atoms with Gasteiger partial charge >= 0.3 is 5.97 Å². The maximum Gasteiger partial charge on any atom is 0.337 e. The largest absolute Gasteiger partial charge is 0.465 e. The molecule has 0 unspecified atom stereocenters. The Hall–Kier alpha value is -2.62. The summed E-state index contributed by atoms with van der Waals surface area (Å²) in [7, 11) is 1.39. The highest BCUT2D eigenvalue weighted by Gasteiger charge is 2.24. The number of ether oxygens (including phenoxy) is 1. The third-order valence-corrected chi connectivity index (χ3v) is 5.32. The van der Waals surface area contributed by atoms with E-state index in [1.165, 1.54) is 18.2 Å². The molecule has 3 rings (SSSR count). The summed E-state index contributed by atoms with van der Waals surface area (Å²) in [6.07, 6.45) is 4.05. The first-order valence-electron chi connectivity index (χ1n) is 9.69. The second-order valence-electron chi connectivity index (χ2n) is 7.13. The van der Waals surface area contributed by atoms with Gasteiger partial charge in [0.05, 0.1) is 12.7 Å². The molecule has 1 amide bonds. The van der Waals surface area contributed by atoms with Crippen LogP contribution in [0.3, 0.4) is 0 Å². The number of piperidine rings is 1. The molecule has 0 atom stereocenters. The van der Waals surface area contributed by atoms with Crippen molar-refractivity contribution in [2.75, 3.05) is 20.2 Å². The number of hydrogen-bond acceptors (Lipinski definition) is 3. The lowest BCUT2D eigenvalue weighted by molar-refractivity contribution is 0.0600. The van der Waals surface area contributed by atoms with Crippen LogP contribution in [-0.2, 0) is 11.2 Å². The second kappa shape index (κ2) is 8.85. The molecule has 0 bridgehead atoms. The Morgan fingerprint density at radius 3 is 2.11 bits per heavy atom. The molecule has 1 saturated heterocycles. The van der Waals surface area contributed by atoms with Crippen molar-refractivity contribution < 1.29 is 14.3 Å². The number of esters is 1. The normalized spacial score (nSPS) is 14.8. The molecule has 0 spiro atoms. The number of carbonyl (C=O) groups excluding carboxylic acids is 2. The number of amides is 1.